The van der Waals surface area contributed by atoms with Crippen LogP contribution < -0.4 is 10.6 Å². The first-order valence-electron chi connectivity index (χ1n) is 7.39. The van der Waals surface area contributed by atoms with Crippen LogP contribution in [0.5, 0.6) is 0 Å². The molecule has 2 N–H and O–H groups in total. The Kier molecular flexibility index (Phi) is 11.6. The van der Waals surface area contributed by atoms with Crippen molar-refractivity contribution in [2.75, 3.05) is 13.1 Å². The third-order valence-corrected chi connectivity index (χ3v) is 2.98. The molecule has 4 nitrogen and oxygen atoms in total. The molecule has 0 aromatic carbocycles. The number of hydrogen-bond acceptors (Lipinski definition) is 1. The van der Waals surface area contributed by atoms with Crippen molar-refractivity contribution in [3.05, 3.63) is 24.0 Å². The molecular formula is C15H29IN4. The molecule has 0 aliphatic rings. The molecule has 0 saturated heterocycles. The molecule has 0 spiro atoms. The smallest absolute Gasteiger partial charge is 0.191 e. The van der Waals surface area contributed by atoms with Gasteiger partial charge in [-0.1, -0.05) is 26.2 Å². The van der Waals surface area contributed by atoms with Crippen molar-refractivity contribution in [2.24, 2.45) is 12.0 Å². The third kappa shape index (κ3) is 8.45. The largest absolute Gasteiger partial charge is 0.357 e. The van der Waals surface area contributed by atoms with E-state index in [0.29, 0.717) is 0 Å². The topological polar surface area (TPSA) is 41.4 Å². The Morgan fingerprint density at radius 3 is 2.60 bits per heavy atom. The highest BCUT2D eigenvalue weighted by atomic mass is 127. The van der Waals surface area contributed by atoms with E-state index in [9.17, 15) is 0 Å². The molecule has 1 aromatic heterocycles. The van der Waals surface area contributed by atoms with Gasteiger partial charge in [-0.3, -0.25) is 0 Å². The third-order valence-electron chi connectivity index (χ3n) is 2.98. The second-order valence-corrected chi connectivity index (χ2v) is 4.87. The lowest BCUT2D eigenvalue weighted by atomic mass is 10.2. The summed E-state index contributed by atoms with van der Waals surface area (Å²) in [5.74, 6) is 0.919. The van der Waals surface area contributed by atoms with Gasteiger partial charge in [0.05, 0.1) is 6.54 Å². The van der Waals surface area contributed by atoms with E-state index >= 15 is 0 Å². The number of aliphatic imine (C=N–C) groups is 1. The molecule has 0 amide bonds. The predicted octanol–water partition coefficient (Wildman–Crippen LogP) is 3.28. The highest BCUT2D eigenvalue weighted by molar-refractivity contribution is 14.0. The van der Waals surface area contributed by atoms with Gasteiger partial charge in [-0.2, -0.15) is 0 Å². The zero-order valence-electron chi connectivity index (χ0n) is 13.0. The Morgan fingerprint density at radius 1 is 1.20 bits per heavy atom. The van der Waals surface area contributed by atoms with E-state index in [4.69, 9.17) is 0 Å². The van der Waals surface area contributed by atoms with Crippen molar-refractivity contribution in [1.82, 2.24) is 15.2 Å². The first kappa shape index (κ1) is 19.3. The average Bonchev–Trinajstić information content (AvgIpc) is 2.81. The summed E-state index contributed by atoms with van der Waals surface area (Å²) in [4.78, 5) is 4.60. The molecule has 5 heteroatoms. The number of aromatic nitrogens is 1. The number of rotatable bonds is 8. The highest BCUT2D eigenvalue weighted by Crippen LogP contribution is 2.01. The molecular weight excluding hydrogens is 363 g/mol. The van der Waals surface area contributed by atoms with Gasteiger partial charge in [0.25, 0.3) is 0 Å². The fourth-order valence-electron chi connectivity index (χ4n) is 1.93. The second kappa shape index (κ2) is 12.1. The van der Waals surface area contributed by atoms with E-state index in [1.165, 1.54) is 31.2 Å². The molecule has 1 rings (SSSR count). The fourth-order valence-corrected chi connectivity index (χ4v) is 1.93. The molecule has 0 aliphatic heterocycles. The highest BCUT2D eigenvalue weighted by Gasteiger charge is 1.98. The van der Waals surface area contributed by atoms with E-state index < -0.39 is 0 Å². The monoisotopic (exact) mass is 392 g/mol. The quantitative estimate of drug-likeness (QED) is 0.309. The van der Waals surface area contributed by atoms with Crippen LogP contribution in [-0.2, 0) is 13.6 Å². The second-order valence-electron chi connectivity index (χ2n) is 4.87. The summed E-state index contributed by atoms with van der Waals surface area (Å²) in [6.07, 6.45) is 9.26. The maximum Gasteiger partial charge on any atom is 0.191 e. The van der Waals surface area contributed by atoms with Crippen LogP contribution in [-0.4, -0.2) is 23.6 Å². The van der Waals surface area contributed by atoms with Gasteiger partial charge in [-0.05, 0) is 25.0 Å². The number of unbranched alkanes of at least 4 members (excludes halogenated alkanes) is 3. The van der Waals surface area contributed by atoms with E-state index in [1.54, 1.807) is 0 Å². The maximum absolute atomic E-state index is 4.60. The van der Waals surface area contributed by atoms with Crippen molar-refractivity contribution >= 4 is 29.9 Å². The van der Waals surface area contributed by atoms with Crippen LogP contribution in [0.15, 0.2) is 23.5 Å². The lowest BCUT2D eigenvalue weighted by Crippen LogP contribution is -2.37. The zero-order valence-corrected chi connectivity index (χ0v) is 15.3. The van der Waals surface area contributed by atoms with Crippen molar-refractivity contribution in [3.8, 4) is 0 Å². The summed E-state index contributed by atoms with van der Waals surface area (Å²) >= 11 is 0. The fraction of sp³-hybridized carbons (Fsp3) is 0.667. The summed E-state index contributed by atoms with van der Waals surface area (Å²) in [5, 5.41) is 6.67. The molecule has 1 aromatic rings. The summed E-state index contributed by atoms with van der Waals surface area (Å²) in [7, 11) is 2.03. The Bertz CT molecular complexity index is 374. The minimum Gasteiger partial charge on any atom is -0.357 e. The van der Waals surface area contributed by atoms with Gasteiger partial charge in [-0.15, -0.1) is 24.0 Å². The lowest BCUT2D eigenvalue weighted by Gasteiger charge is -2.10. The van der Waals surface area contributed by atoms with E-state index in [0.717, 1.165) is 25.6 Å². The zero-order chi connectivity index (χ0) is 13.9. The normalized spacial score (nSPS) is 11.1. The van der Waals surface area contributed by atoms with Gasteiger partial charge < -0.3 is 15.2 Å². The Balaban J connectivity index is 0.00000361. The van der Waals surface area contributed by atoms with Crippen molar-refractivity contribution in [1.29, 1.82) is 0 Å². The van der Waals surface area contributed by atoms with Gasteiger partial charge in [0, 0.05) is 32.5 Å². The van der Waals surface area contributed by atoms with E-state index in [-0.39, 0.29) is 24.0 Å². The molecule has 0 fully saturated rings. The molecule has 0 unspecified atom stereocenters. The average molecular weight is 392 g/mol. The Labute approximate surface area is 140 Å². The lowest BCUT2D eigenvalue weighted by molar-refractivity contribution is 0.647. The predicted molar refractivity (Wildman–Crippen MR) is 97.8 cm³/mol. The Morgan fingerprint density at radius 2 is 2.00 bits per heavy atom. The van der Waals surface area contributed by atoms with Crippen LogP contribution in [0.1, 0.15) is 45.1 Å². The van der Waals surface area contributed by atoms with Crippen LogP contribution >= 0.6 is 24.0 Å². The number of guanidine groups is 1. The minimum atomic E-state index is 0. The van der Waals surface area contributed by atoms with Crippen LogP contribution in [0.25, 0.3) is 0 Å². The molecule has 0 atom stereocenters. The van der Waals surface area contributed by atoms with E-state index in [1.807, 2.05) is 7.05 Å². The summed E-state index contributed by atoms with van der Waals surface area (Å²) in [6.45, 7) is 6.96. The van der Waals surface area contributed by atoms with Crippen LogP contribution in [0.4, 0.5) is 0 Å². The summed E-state index contributed by atoms with van der Waals surface area (Å²) in [6, 6.07) is 2.11. The molecule has 20 heavy (non-hydrogen) atoms. The maximum atomic E-state index is 4.60. The van der Waals surface area contributed by atoms with E-state index in [2.05, 4.69) is 52.5 Å². The van der Waals surface area contributed by atoms with Crippen LogP contribution in [0, 0.1) is 0 Å². The van der Waals surface area contributed by atoms with Crippen molar-refractivity contribution in [2.45, 2.75) is 46.1 Å². The molecule has 116 valence electrons. The Hall–Kier alpha value is -0.720. The van der Waals surface area contributed by atoms with Gasteiger partial charge in [0.2, 0.25) is 0 Å². The number of halogens is 1. The SMILES string of the molecule is CCCCCCNC(=NCc1ccn(C)c1)NCC.I. The molecule has 0 aliphatic carbocycles. The van der Waals surface area contributed by atoms with Crippen LogP contribution in [0.2, 0.25) is 0 Å². The number of hydrogen-bond donors (Lipinski definition) is 2. The minimum absolute atomic E-state index is 0. The first-order valence-corrected chi connectivity index (χ1v) is 7.39. The molecule has 0 saturated carbocycles. The molecule has 0 bridgehead atoms. The standard InChI is InChI=1S/C15H28N4.HI/c1-4-6-7-8-10-17-15(16-5-2)18-12-14-9-11-19(3)13-14;/h9,11,13H,4-8,10,12H2,1-3H3,(H2,16,17,18);1H. The summed E-state index contributed by atoms with van der Waals surface area (Å²) in [5.41, 5.74) is 1.24. The van der Waals surface area contributed by atoms with Gasteiger partial charge >= 0.3 is 0 Å². The first-order chi connectivity index (χ1) is 9.26. The number of aryl methyl sites for hydroxylation is 1. The van der Waals surface area contributed by atoms with Gasteiger partial charge in [0.1, 0.15) is 0 Å². The molecule has 0 radical (unpaired) electrons. The van der Waals surface area contributed by atoms with Crippen LogP contribution in [0.3, 0.4) is 0 Å². The number of nitrogens with zero attached hydrogens (tertiary/aromatic N) is 2. The van der Waals surface area contributed by atoms with Crippen molar-refractivity contribution < 1.29 is 0 Å². The van der Waals surface area contributed by atoms with Gasteiger partial charge in [-0.25, -0.2) is 4.99 Å². The summed E-state index contributed by atoms with van der Waals surface area (Å²) < 4.78 is 2.05. The molecule has 1 heterocycles. The number of nitrogens with one attached hydrogen (secondary N) is 2. The van der Waals surface area contributed by atoms with Gasteiger partial charge in [0.15, 0.2) is 5.96 Å². The van der Waals surface area contributed by atoms with Crippen molar-refractivity contribution in [3.63, 3.8) is 0 Å².